The van der Waals surface area contributed by atoms with Crippen LogP contribution in [-0.2, 0) is 4.79 Å². The van der Waals surface area contributed by atoms with Crippen molar-refractivity contribution in [2.24, 2.45) is 5.92 Å². The minimum absolute atomic E-state index is 0.0842. The van der Waals surface area contributed by atoms with Crippen molar-refractivity contribution in [2.75, 3.05) is 18.0 Å². The van der Waals surface area contributed by atoms with Crippen molar-refractivity contribution in [3.8, 4) is 5.75 Å². The first-order valence-electron chi connectivity index (χ1n) is 9.74. The Morgan fingerprint density at radius 3 is 2.74 bits per heavy atom. The summed E-state index contributed by atoms with van der Waals surface area (Å²) in [5.41, 5.74) is 2.02. The molecule has 2 heterocycles. The number of carbonyl (C=O) groups excluding carboxylic acids is 1. The molecule has 1 aliphatic carbocycles. The van der Waals surface area contributed by atoms with Gasteiger partial charge in [0, 0.05) is 43.3 Å². The molecule has 2 aliphatic rings. The number of benzene rings is 1. The Balaban J connectivity index is 1.31. The molecule has 4 rings (SSSR count). The molecule has 0 N–H and O–H groups in total. The van der Waals surface area contributed by atoms with Crippen LogP contribution in [-0.4, -0.2) is 30.0 Å². The van der Waals surface area contributed by atoms with Crippen molar-refractivity contribution in [1.82, 2.24) is 4.98 Å². The van der Waals surface area contributed by atoms with Crippen LogP contribution in [0.3, 0.4) is 0 Å². The number of rotatable bonds is 7. The van der Waals surface area contributed by atoms with Crippen molar-refractivity contribution < 1.29 is 13.9 Å². The number of pyridine rings is 1. The maximum atomic E-state index is 13.3. The third-order valence-corrected chi connectivity index (χ3v) is 5.51. The summed E-state index contributed by atoms with van der Waals surface area (Å²) in [5.74, 6) is 1.36. The fourth-order valence-corrected chi connectivity index (χ4v) is 3.71. The number of halogens is 1. The standard InChI is InChI=1S/C22H25FN2O2/c1-15(12-21(26)17-2-3-17)16-4-6-19(7-5-16)27-20-9-11-25(14-20)18-8-10-24-22(23)13-18/h4-8,10,13,15,17,20H,2-3,9,11-12,14H2,1H3/t15-,20-/m1/s1. The van der Waals surface area contributed by atoms with Crippen LogP contribution in [0.25, 0.3) is 0 Å². The maximum Gasteiger partial charge on any atom is 0.214 e. The smallest absolute Gasteiger partial charge is 0.214 e. The van der Waals surface area contributed by atoms with E-state index in [2.05, 4.69) is 28.9 Å². The number of hydrogen-bond acceptors (Lipinski definition) is 4. The van der Waals surface area contributed by atoms with Crippen molar-refractivity contribution in [2.45, 2.75) is 44.6 Å². The second-order valence-corrected chi connectivity index (χ2v) is 7.73. The van der Waals surface area contributed by atoms with Gasteiger partial charge < -0.3 is 9.64 Å². The molecular formula is C22H25FN2O2. The topological polar surface area (TPSA) is 42.4 Å². The van der Waals surface area contributed by atoms with Gasteiger partial charge in [-0.3, -0.25) is 4.79 Å². The average molecular weight is 368 g/mol. The minimum Gasteiger partial charge on any atom is -0.489 e. The number of carbonyl (C=O) groups is 1. The van der Waals surface area contributed by atoms with Crippen LogP contribution in [0.1, 0.15) is 44.1 Å². The highest BCUT2D eigenvalue weighted by atomic mass is 19.1. The molecule has 0 bridgehead atoms. The Bertz CT molecular complexity index is 804. The van der Waals surface area contributed by atoms with Crippen LogP contribution in [0.2, 0.25) is 0 Å². The summed E-state index contributed by atoms with van der Waals surface area (Å²) >= 11 is 0. The van der Waals surface area contributed by atoms with Gasteiger partial charge in [-0.15, -0.1) is 0 Å². The zero-order valence-electron chi connectivity index (χ0n) is 15.6. The largest absolute Gasteiger partial charge is 0.489 e. The van der Waals surface area contributed by atoms with Gasteiger partial charge >= 0.3 is 0 Å². The number of nitrogens with zero attached hydrogens (tertiary/aromatic N) is 2. The van der Waals surface area contributed by atoms with Crippen molar-refractivity contribution in [1.29, 1.82) is 0 Å². The highest BCUT2D eigenvalue weighted by Gasteiger charge is 2.30. The highest BCUT2D eigenvalue weighted by Crippen LogP contribution is 2.34. The van der Waals surface area contributed by atoms with E-state index in [9.17, 15) is 9.18 Å². The molecule has 0 radical (unpaired) electrons. The van der Waals surface area contributed by atoms with E-state index in [1.54, 1.807) is 0 Å². The first-order valence-corrected chi connectivity index (χ1v) is 9.74. The minimum atomic E-state index is -0.457. The fraction of sp³-hybridized carbons (Fsp3) is 0.455. The number of aromatic nitrogens is 1. The second-order valence-electron chi connectivity index (χ2n) is 7.73. The monoisotopic (exact) mass is 368 g/mol. The molecule has 2 aromatic rings. The van der Waals surface area contributed by atoms with Gasteiger partial charge in [-0.05, 0) is 42.5 Å². The van der Waals surface area contributed by atoms with Crippen LogP contribution in [0.15, 0.2) is 42.6 Å². The van der Waals surface area contributed by atoms with E-state index in [-0.39, 0.29) is 12.0 Å². The van der Waals surface area contributed by atoms with Gasteiger partial charge in [0.2, 0.25) is 5.95 Å². The molecule has 27 heavy (non-hydrogen) atoms. The van der Waals surface area contributed by atoms with E-state index in [0.29, 0.717) is 18.1 Å². The van der Waals surface area contributed by atoms with E-state index in [1.807, 2.05) is 18.2 Å². The number of Topliss-reactive ketones (excluding diaryl/α,β-unsaturated/α-hetero) is 1. The molecule has 1 saturated carbocycles. The third kappa shape index (κ3) is 4.46. The Morgan fingerprint density at radius 1 is 1.26 bits per heavy atom. The van der Waals surface area contributed by atoms with E-state index in [0.717, 1.165) is 43.8 Å². The molecule has 1 aromatic heterocycles. The lowest BCUT2D eigenvalue weighted by molar-refractivity contribution is -0.120. The average Bonchev–Trinajstić information content (AvgIpc) is 3.42. The zero-order valence-corrected chi connectivity index (χ0v) is 15.6. The normalized spacial score (nSPS) is 20.5. The molecule has 1 aliphatic heterocycles. The molecule has 2 fully saturated rings. The van der Waals surface area contributed by atoms with E-state index in [1.165, 1.54) is 17.8 Å². The molecule has 0 unspecified atom stereocenters. The third-order valence-electron chi connectivity index (χ3n) is 5.51. The predicted molar refractivity (Wildman–Crippen MR) is 103 cm³/mol. The molecule has 0 spiro atoms. The van der Waals surface area contributed by atoms with Gasteiger partial charge in [0.25, 0.3) is 0 Å². The lowest BCUT2D eigenvalue weighted by Crippen LogP contribution is -2.24. The Kier molecular flexibility index (Phi) is 5.10. The first kappa shape index (κ1) is 18.0. The summed E-state index contributed by atoms with van der Waals surface area (Å²) in [4.78, 5) is 17.7. The fourth-order valence-electron chi connectivity index (χ4n) is 3.71. The van der Waals surface area contributed by atoms with Crippen molar-refractivity contribution >= 4 is 11.5 Å². The van der Waals surface area contributed by atoms with Gasteiger partial charge in [-0.25, -0.2) is 4.98 Å². The van der Waals surface area contributed by atoms with Gasteiger partial charge in [0.15, 0.2) is 0 Å². The molecule has 0 amide bonds. The predicted octanol–water partition coefficient (Wildman–Crippen LogP) is 4.35. The molecule has 1 aromatic carbocycles. The summed E-state index contributed by atoms with van der Waals surface area (Å²) in [6.45, 7) is 3.68. The molecular weight excluding hydrogens is 343 g/mol. The van der Waals surface area contributed by atoms with Crippen molar-refractivity contribution in [3.63, 3.8) is 0 Å². The molecule has 5 heteroatoms. The van der Waals surface area contributed by atoms with Crippen LogP contribution >= 0.6 is 0 Å². The summed E-state index contributed by atoms with van der Waals surface area (Å²) in [7, 11) is 0. The SMILES string of the molecule is C[C@H](CC(=O)C1CC1)c1ccc(O[C@@H]2CCN(c3ccnc(F)c3)C2)cc1. The Hall–Kier alpha value is -2.43. The van der Waals surface area contributed by atoms with E-state index < -0.39 is 5.95 Å². The summed E-state index contributed by atoms with van der Waals surface area (Å²) in [5, 5.41) is 0. The summed E-state index contributed by atoms with van der Waals surface area (Å²) in [6, 6.07) is 11.4. The van der Waals surface area contributed by atoms with Crippen LogP contribution in [0.5, 0.6) is 5.75 Å². The number of ether oxygens (including phenoxy) is 1. The molecule has 4 nitrogen and oxygen atoms in total. The number of ketones is 1. The van der Waals surface area contributed by atoms with Crippen molar-refractivity contribution in [3.05, 3.63) is 54.1 Å². The molecule has 1 saturated heterocycles. The van der Waals surface area contributed by atoms with Gasteiger partial charge in [-0.1, -0.05) is 19.1 Å². The van der Waals surface area contributed by atoms with Gasteiger partial charge in [-0.2, -0.15) is 4.39 Å². The van der Waals surface area contributed by atoms with E-state index >= 15 is 0 Å². The number of anilines is 1. The Morgan fingerprint density at radius 2 is 2.04 bits per heavy atom. The van der Waals surface area contributed by atoms with Gasteiger partial charge in [0.1, 0.15) is 17.6 Å². The van der Waals surface area contributed by atoms with Gasteiger partial charge in [0.05, 0.1) is 6.54 Å². The first-order chi connectivity index (χ1) is 13.1. The molecule has 142 valence electrons. The van der Waals surface area contributed by atoms with Crippen LogP contribution in [0.4, 0.5) is 10.1 Å². The number of hydrogen-bond donors (Lipinski definition) is 0. The van der Waals surface area contributed by atoms with E-state index in [4.69, 9.17) is 4.74 Å². The Labute approximate surface area is 159 Å². The lowest BCUT2D eigenvalue weighted by Gasteiger charge is -2.19. The zero-order chi connectivity index (χ0) is 18.8. The van der Waals surface area contributed by atoms with Crippen LogP contribution in [0, 0.1) is 11.9 Å². The maximum absolute atomic E-state index is 13.3. The summed E-state index contributed by atoms with van der Waals surface area (Å²) in [6.07, 6.45) is 5.25. The second kappa shape index (κ2) is 7.67. The summed E-state index contributed by atoms with van der Waals surface area (Å²) < 4.78 is 19.4. The highest BCUT2D eigenvalue weighted by molar-refractivity contribution is 5.83. The van der Waals surface area contributed by atoms with Crippen LogP contribution < -0.4 is 9.64 Å². The quantitative estimate of drug-likeness (QED) is 0.682. The molecule has 2 atom stereocenters. The lowest BCUT2D eigenvalue weighted by atomic mass is 9.94.